The van der Waals surface area contributed by atoms with E-state index in [1.165, 1.54) is 0 Å². The van der Waals surface area contributed by atoms with Crippen molar-refractivity contribution in [2.45, 2.75) is 44.8 Å². The molecule has 0 spiro atoms. The zero-order valence-electron chi connectivity index (χ0n) is 7.36. The maximum absolute atomic E-state index is 13.6. The lowest BCUT2D eigenvalue weighted by Crippen LogP contribution is -2.25. The summed E-state index contributed by atoms with van der Waals surface area (Å²) in [5.74, 6) is 0. The van der Waals surface area contributed by atoms with Gasteiger partial charge < -0.3 is 4.11 Å². The van der Waals surface area contributed by atoms with Gasteiger partial charge in [-0.3, -0.25) is 0 Å². The van der Waals surface area contributed by atoms with Gasteiger partial charge in [0, 0.05) is 6.42 Å². The van der Waals surface area contributed by atoms with Crippen LogP contribution in [0.5, 0.6) is 0 Å². The highest BCUT2D eigenvalue weighted by molar-refractivity contribution is 6.73. The van der Waals surface area contributed by atoms with Crippen molar-refractivity contribution in [1.82, 2.24) is 0 Å². The van der Waals surface area contributed by atoms with Gasteiger partial charge in [-0.1, -0.05) is 13.8 Å². The predicted octanol–water partition coefficient (Wildman–Crippen LogP) is 3.24. The van der Waals surface area contributed by atoms with Crippen LogP contribution in [0.1, 0.15) is 26.7 Å². The first-order valence-electron chi connectivity index (χ1n) is 4.24. The maximum atomic E-state index is 13.6. The summed E-state index contributed by atoms with van der Waals surface area (Å²) in [4.78, 5) is 0. The Morgan fingerprint density at radius 1 is 1.36 bits per heavy atom. The van der Waals surface area contributed by atoms with E-state index >= 15 is 0 Å². The molecule has 0 atom stereocenters. The first-order chi connectivity index (χ1) is 5.18. The molecule has 0 aromatic heterocycles. The largest absolute Gasteiger partial charge is 0.314 e. The summed E-state index contributed by atoms with van der Waals surface area (Å²) in [5, 5.41) is 8.25. The third-order valence-electron chi connectivity index (χ3n) is 2.18. The molecule has 0 bridgehead atoms. The van der Waals surface area contributed by atoms with Crippen molar-refractivity contribution >= 4 is 8.41 Å². The molecule has 0 amide bonds. The van der Waals surface area contributed by atoms with Gasteiger partial charge in [-0.25, -0.2) is 0 Å². The van der Waals surface area contributed by atoms with Crippen molar-refractivity contribution < 1.29 is 4.11 Å². The molecule has 1 nitrogen and oxygen atoms in total. The van der Waals surface area contributed by atoms with E-state index in [9.17, 15) is 4.11 Å². The van der Waals surface area contributed by atoms with E-state index in [0.29, 0.717) is 24.6 Å². The Balaban J connectivity index is 3.62. The van der Waals surface area contributed by atoms with E-state index in [-0.39, 0.29) is 0 Å². The molecule has 0 N–H and O–H groups in total. The average molecular weight is 173 g/mol. The second-order valence-electron chi connectivity index (χ2n) is 2.87. The fourth-order valence-electron chi connectivity index (χ4n) is 1.09. The SMILES string of the molecule is CC[Si](F)(CC)CCCC#N. The molecular weight excluding hydrogens is 157 g/mol. The summed E-state index contributed by atoms with van der Waals surface area (Å²) in [6.07, 6.45) is 1.26. The van der Waals surface area contributed by atoms with Crippen LogP contribution in [-0.2, 0) is 0 Å². The molecule has 3 heteroatoms. The molecule has 0 saturated carbocycles. The quantitative estimate of drug-likeness (QED) is 0.356. The lowest BCUT2D eigenvalue weighted by Gasteiger charge is -2.17. The minimum absolute atomic E-state index is 0.513. The summed E-state index contributed by atoms with van der Waals surface area (Å²) >= 11 is 0. The molecule has 0 aromatic rings. The summed E-state index contributed by atoms with van der Waals surface area (Å²) < 4.78 is 13.6. The maximum Gasteiger partial charge on any atom is 0.246 e. The molecule has 0 aliphatic carbocycles. The molecule has 0 heterocycles. The van der Waals surface area contributed by atoms with Crippen LogP contribution in [0, 0.1) is 11.3 Å². The Kier molecular flexibility index (Phi) is 5.13. The van der Waals surface area contributed by atoms with Crippen molar-refractivity contribution in [2.24, 2.45) is 0 Å². The van der Waals surface area contributed by atoms with E-state index in [2.05, 4.69) is 0 Å². The van der Waals surface area contributed by atoms with Crippen LogP contribution in [0.25, 0.3) is 0 Å². The smallest absolute Gasteiger partial charge is 0.246 e. The molecule has 0 unspecified atom stereocenters. The number of rotatable bonds is 5. The first-order valence-corrected chi connectivity index (χ1v) is 6.74. The minimum atomic E-state index is -2.39. The van der Waals surface area contributed by atoms with Crippen LogP contribution in [0.4, 0.5) is 4.11 Å². The van der Waals surface area contributed by atoms with Gasteiger partial charge in [0.2, 0.25) is 8.41 Å². The number of halogens is 1. The fraction of sp³-hybridized carbons (Fsp3) is 0.875. The second kappa shape index (κ2) is 5.31. The second-order valence-corrected chi connectivity index (χ2v) is 7.09. The summed E-state index contributed by atoms with van der Waals surface area (Å²) in [7, 11) is -2.39. The number of hydrogen-bond donors (Lipinski definition) is 0. The average Bonchev–Trinajstić information content (AvgIpc) is 2.05. The number of unbranched alkanes of at least 4 members (excludes halogenated alkanes) is 1. The highest BCUT2D eigenvalue weighted by atomic mass is 28.4. The van der Waals surface area contributed by atoms with Gasteiger partial charge in [0.15, 0.2) is 0 Å². The van der Waals surface area contributed by atoms with Gasteiger partial charge in [0.05, 0.1) is 6.07 Å². The monoisotopic (exact) mass is 173 g/mol. The highest BCUT2D eigenvalue weighted by Gasteiger charge is 2.28. The zero-order valence-corrected chi connectivity index (χ0v) is 8.36. The van der Waals surface area contributed by atoms with Crippen molar-refractivity contribution in [3.8, 4) is 6.07 Å². The van der Waals surface area contributed by atoms with Crippen LogP contribution in [0.15, 0.2) is 0 Å². The van der Waals surface area contributed by atoms with Gasteiger partial charge in [-0.05, 0) is 24.6 Å². The minimum Gasteiger partial charge on any atom is -0.314 e. The molecule has 64 valence electrons. The molecule has 0 fully saturated rings. The molecule has 0 aliphatic rings. The van der Waals surface area contributed by atoms with Crippen LogP contribution in [-0.4, -0.2) is 8.41 Å². The van der Waals surface area contributed by atoms with Crippen LogP contribution in [0.2, 0.25) is 18.1 Å². The topological polar surface area (TPSA) is 23.8 Å². The van der Waals surface area contributed by atoms with Crippen molar-refractivity contribution in [2.75, 3.05) is 0 Å². The summed E-state index contributed by atoms with van der Waals surface area (Å²) in [6, 6.07) is 4.12. The lowest BCUT2D eigenvalue weighted by atomic mass is 10.4. The van der Waals surface area contributed by atoms with E-state index in [1.807, 2.05) is 19.9 Å². The van der Waals surface area contributed by atoms with Crippen LogP contribution < -0.4 is 0 Å². The first kappa shape index (κ1) is 10.6. The van der Waals surface area contributed by atoms with Gasteiger partial charge in [-0.15, -0.1) is 0 Å². The van der Waals surface area contributed by atoms with E-state index in [4.69, 9.17) is 5.26 Å². The molecule has 0 aromatic carbocycles. The Morgan fingerprint density at radius 3 is 2.27 bits per heavy atom. The normalized spacial score (nSPS) is 11.1. The Morgan fingerprint density at radius 2 is 1.91 bits per heavy atom. The number of nitriles is 1. The predicted molar refractivity (Wildman–Crippen MR) is 47.5 cm³/mol. The standard InChI is InChI=1S/C8H16FNSi/c1-3-11(9,4-2)8-6-5-7-10/h3-6,8H2,1-2H3. The number of hydrogen-bond acceptors (Lipinski definition) is 1. The van der Waals surface area contributed by atoms with Gasteiger partial charge >= 0.3 is 0 Å². The third-order valence-corrected chi connectivity index (χ3v) is 5.96. The molecule has 0 aliphatic heterocycles. The lowest BCUT2D eigenvalue weighted by molar-refractivity contribution is 0.729. The van der Waals surface area contributed by atoms with E-state index in [0.717, 1.165) is 6.42 Å². The third kappa shape index (κ3) is 4.15. The molecule has 11 heavy (non-hydrogen) atoms. The molecule has 0 radical (unpaired) electrons. The van der Waals surface area contributed by atoms with Crippen molar-refractivity contribution in [1.29, 1.82) is 5.26 Å². The van der Waals surface area contributed by atoms with Gasteiger partial charge in [0.1, 0.15) is 0 Å². The van der Waals surface area contributed by atoms with Crippen LogP contribution in [0.3, 0.4) is 0 Å². The molecular formula is C8H16FNSi. The van der Waals surface area contributed by atoms with Gasteiger partial charge in [-0.2, -0.15) is 5.26 Å². The van der Waals surface area contributed by atoms with Gasteiger partial charge in [0.25, 0.3) is 0 Å². The molecule has 0 rings (SSSR count). The van der Waals surface area contributed by atoms with Crippen LogP contribution >= 0.6 is 0 Å². The van der Waals surface area contributed by atoms with E-state index in [1.54, 1.807) is 0 Å². The highest BCUT2D eigenvalue weighted by Crippen LogP contribution is 2.23. The Hall–Kier alpha value is -0.363. The Labute approximate surface area is 69.4 Å². The van der Waals surface area contributed by atoms with Crippen molar-refractivity contribution in [3.05, 3.63) is 0 Å². The zero-order chi connectivity index (χ0) is 8.74. The van der Waals surface area contributed by atoms with E-state index < -0.39 is 8.41 Å². The number of nitrogens with zero attached hydrogens (tertiary/aromatic N) is 1. The molecule has 0 saturated heterocycles. The van der Waals surface area contributed by atoms with Crippen molar-refractivity contribution in [3.63, 3.8) is 0 Å². The summed E-state index contributed by atoms with van der Waals surface area (Å²) in [5.41, 5.74) is 0. The summed E-state index contributed by atoms with van der Waals surface area (Å²) in [6.45, 7) is 3.84. The fourth-order valence-corrected chi connectivity index (χ4v) is 3.11. The Bertz CT molecular complexity index is 138.